The van der Waals surface area contributed by atoms with Crippen molar-refractivity contribution in [3.63, 3.8) is 0 Å². The van der Waals surface area contributed by atoms with Crippen LogP contribution in [-0.4, -0.2) is 45.8 Å². The molecule has 1 aliphatic heterocycles. The van der Waals surface area contributed by atoms with E-state index >= 15 is 0 Å². The molecule has 3 aromatic rings. The van der Waals surface area contributed by atoms with Crippen molar-refractivity contribution >= 4 is 22.2 Å². The van der Waals surface area contributed by atoms with Crippen molar-refractivity contribution < 1.29 is 19.4 Å². The van der Waals surface area contributed by atoms with Crippen molar-refractivity contribution in [2.45, 2.75) is 25.2 Å². The van der Waals surface area contributed by atoms with Gasteiger partial charge in [0, 0.05) is 24.4 Å². The zero-order chi connectivity index (χ0) is 17.9. The van der Waals surface area contributed by atoms with E-state index in [0.717, 1.165) is 10.5 Å². The van der Waals surface area contributed by atoms with E-state index in [-0.39, 0.29) is 24.7 Å². The molecule has 0 unspecified atom stereocenters. The second kappa shape index (κ2) is 7.45. The molecule has 1 aliphatic rings. The number of rotatable bonds is 5. The number of ether oxygens (including phenoxy) is 2. The first-order valence-electron chi connectivity index (χ1n) is 8.40. The Hall–Kier alpha value is -2.42. The molecule has 1 saturated heterocycles. The van der Waals surface area contributed by atoms with Crippen molar-refractivity contribution in [2.24, 2.45) is 0 Å². The van der Waals surface area contributed by atoms with Gasteiger partial charge in [-0.05, 0) is 24.1 Å². The highest BCUT2D eigenvalue weighted by molar-refractivity contribution is 7.15. The number of imidazole rings is 1. The molecule has 2 aromatic heterocycles. The number of benzene rings is 1. The van der Waals surface area contributed by atoms with Gasteiger partial charge in [0.2, 0.25) is 0 Å². The fourth-order valence-corrected chi connectivity index (χ4v) is 3.62. The molecule has 8 heteroatoms. The van der Waals surface area contributed by atoms with Gasteiger partial charge < -0.3 is 19.9 Å². The number of hydrogen-bond acceptors (Lipinski definition) is 6. The van der Waals surface area contributed by atoms with Gasteiger partial charge in [-0.1, -0.05) is 12.1 Å². The molecule has 26 heavy (non-hydrogen) atoms. The smallest absolute Gasteiger partial charge is 0.271 e. The van der Waals surface area contributed by atoms with E-state index in [9.17, 15) is 4.79 Å². The Bertz CT molecular complexity index is 861. The summed E-state index contributed by atoms with van der Waals surface area (Å²) in [5.41, 5.74) is 1.22. The number of nitrogens with zero attached hydrogens (tertiary/aromatic N) is 2. The van der Waals surface area contributed by atoms with Crippen LogP contribution in [0.1, 0.15) is 22.5 Å². The van der Waals surface area contributed by atoms with Crippen molar-refractivity contribution in [1.29, 1.82) is 0 Å². The third-order valence-corrected chi connectivity index (χ3v) is 5.11. The predicted octanol–water partition coefficient (Wildman–Crippen LogP) is 1.85. The predicted molar refractivity (Wildman–Crippen MR) is 96.5 cm³/mol. The number of fused-ring (bicyclic) bond motifs is 1. The molecule has 0 aliphatic carbocycles. The summed E-state index contributed by atoms with van der Waals surface area (Å²) in [5.74, 6) is 0.469. The highest BCUT2D eigenvalue weighted by Crippen LogP contribution is 2.19. The number of thiazole rings is 1. The second-order valence-corrected chi connectivity index (χ2v) is 6.99. The highest BCUT2D eigenvalue weighted by atomic mass is 32.1. The van der Waals surface area contributed by atoms with Crippen LogP contribution >= 0.6 is 11.3 Å². The molecule has 0 spiro atoms. The average Bonchev–Trinajstić information content (AvgIpc) is 3.26. The molecule has 0 bridgehead atoms. The molecule has 0 radical (unpaired) electrons. The number of carbonyl (C=O) groups is 1. The van der Waals surface area contributed by atoms with Crippen molar-refractivity contribution in [2.75, 3.05) is 13.2 Å². The molecule has 4 rings (SSSR count). The van der Waals surface area contributed by atoms with Crippen LogP contribution in [0.4, 0.5) is 0 Å². The lowest BCUT2D eigenvalue weighted by atomic mass is 10.1. The van der Waals surface area contributed by atoms with E-state index < -0.39 is 0 Å². The Kier molecular flexibility index (Phi) is 4.87. The Labute approximate surface area is 154 Å². The number of hydrogen-bond donors (Lipinski definition) is 2. The van der Waals surface area contributed by atoms with Crippen LogP contribution < -0.4 is 10.1 Å². The minimum absolute atomic E-state index is 0.00634. The van der Waals surface area contributed by atoms with Gasteiger partial charge in [-0.3, -0.25) is 9.20 Å². The summed E-state index contributed by atoms with van der Waals surface area (Å²) < 4.78 is 13.4. The molecule has 1 aromatic carbocycles. The third-order valence-electron chi connectivity index (χ3n) is 4.34. The Morgan fingerprint density at radius 3 is 3.04 bits per heavy atom. The van der Waals surface area contributed by atoms with E-state index in [2.05, 4.69) is 10.3 Å². The maximum Gasteiger partial charge on any atom is 0.271 e. The first-order valence-corrected chi connectivity index (χ1v) is 9.28. The normalized spacial score (nSPS) is 20.2. The van der Waals surface area contributed by atoms with E-state index in [1.54, 1.807) is 6.20 Å². The molecule has 1 fully saturated rings. The summed E-state index contributed by atoms with van der Waals surface area (Å²) in [4.78, 5) is 17.7. The van der Waals surface area contributed by atoms with E-state index in [0.29, 0.717) is 31.1 Å². The minimum Gasteiger partial charge on any atom is -0.486 e. The summed E-state index contributed by atoms with van der Waals surface area (Å²) in [5, 5.41) is 14.1. The maximum absolute atomic E-state index is 12.6. The van der Waals surface area contributed by atoms with Crippen LogP contribution in [-0.2, 0) is 11.3 Å². The number of carbonyl (C=O) groups excluding carboxylic acids is 1. The molecule has 136 valence electrons. The van der Waals surface area contributed by atoms with Gasteiger partial charge in [0.15, 0.2) is 4.96 Å². The first kappa shape index (κ1) is 17.0. The Balaban J connectivity index is 1.44. The third kappa shape index (κ3) is 3.57. The molecule has 0 saturated carbocycles. The molecular weight excluding hydrogens is 354 g/mol. The van der Waals surface area contributed by atoms with Gasteiger partial charge in [0.05, 0.1) is 19.3 Å². The topological polar surface area (TPSA) is 85.1 Å². The lowest BCUT2D eigenvalue weighted by Crippen LogP contribution is -2.51. The van der Waals surface area contributed by atoms with Crippen LogP contribution in [0, 0.1) is 0 Å². The molecule has 7 nitrogen and oxygen atoms in total. The van der Waals surface area contributed by atoms with Crippen LogP contribution in [0.15, 0.2) is 42.0 Å². The highest BCUT2D eigenvalue weighted by Gasteiger charge is 2.30. The summed E-state index contributed by atoms with van der Waals surface area (Å²) >= 11 is 1.49. The Morgan fingerprint density at radius 2 is 2.27 bits per heavy atom. The summed E-state index contributed by atoms with van der Waals surface area (Å²) in [7, 11) is 0. The van der Waals surface area contributed by atoms with Crippen molar-refractivity contribution in [1.82, 2.24) is 14.7 Å². The van der Waals surface area contributed by atoms with Crippen LogP contribution in [0.3, 0.4) is 0 Å². The van der Waals surface area contributed by atoms with Crippen LogP contribution in [0.25, 0.3) is 4.96 Å². The van der Waals surface area contributed by atoms with Gasteiger partial charge in [0.1, 0.15) is 17.5 Å². The molecular formula is C18H19N3O4S. The van der Waals surface area contributed by atoms with Gasteiger partial charge in [-0.2, -0.15) is 0 Å². The number of amides is 1. The van der Waals surface area contributed by atoms with Crippen LogP contribution in [0.2, 0.25) is 0 Å². The zero-order valence-corrected chi connectivity index (χ0v) is 14.8. The quantitative estimate of drug-likeness (QED) is 0.713. The monoisotopic (exact) mass is 373 g/mol. The van der Waals surface area contributed by atoms with E-state index in [1.165, 1.54) is 11.3 Å². The van der Waals surface area contributed by atoms with Gasteiger partial charge in [0.25, 0.3) is 5.91 Å². The lowest BCUT2D eigenvalue weighted by molar-refractivity contribution is -0.0135. The summed E-state index contributed by atoms with van der Waals surface area (Å²) in [6, 6.07) is 7.08. The maximum atomic E-state index is 12.6. The number of aromatic nitrogens is 2. The minimum atomic E-state index is -0.281. The fourth-order valence-electron chi connectivity index (χ4n) is 2.92. The van der Waals surface area contributed by atoms with Gasteiger partial charge in [-0.15, -0.1) is 11.3 Å². The average molecular weight is 373 g/mol. The summed E-state index contributed by atoms with van der Waals surface area (Å²) in [6.45, 7) is 0.977. The summed E-state index contributed by atoms with van der Waals surface area (Å²) in [6.07, 6.45) is 3.99. The largest absolute Gasteiger partial charge is 0.486 e. The standard InChI is InChI=1S/C18H19N3O4S/c22-10-12-1-3-13(4-2-12)25-16-11-24-7-5-14(16)19-17(23)15-9-21-6-8-26-18(21)20-15/h1-4,6,8-9,14,16,22H,5,7,10-11H2,(H,19,23)/t14-,16-/m1/s1. The van der Waals surface area contributed by atoms with E-state index in [1.807, 2.05) is 40.2 Å². The van der Waals surface area contributed by atoms with Gasteiger partial charge >= 0.3 is 0 Å². The van der Waals surface area contributed by atoms with Crippen LogP contribution in [0.5, 0.6) is 5.75 Å². The number of nitrogens with one attached hydrogen (secondary N) is 1. The van der Waals surface area contributed by atoms with Crippen molar-refractivity contribution in [3.05, 3.63) is 53.3 Å². The lowest BCUT2D eigenvalue weighted by Gasteiger charge is -2.32. The van der Waals surface area contributed by atoms with E-state index in [4.69, 9.17) is 14.6 Å². The van der Waals surface area contributed by atoms with Crippen molar-refractivity contribution in [3.8, 4) is 5.75 Å². The van der Waals surface area contributed by atoms with Gasteiger partial charge in [-0.25, -0.2) is 4.98 Å². The fraction of sp³-hybridized carbons (Fsp3) is 0.333. The first-order chi connectivity index (χ1) is 12.7. The number of aliphatic hydroxyl groups excluding tert-OH is 1. The second-order valence-electron chi connectivity index (χ2n) is 6.12. The molecule has 1 amide bonds. The Morgan fingerprint density at radius 1 is 1.42 bits per heavy atom. The molecule has 3 heterocycles. The molecule has 2 atom stereocenters. The SMILES string of the molecule is O=C(N[C@@H]1CCOC[C@H]1Oc1ccc(CO)cc1)c1cn2ccsc2n1. The number of aliphatic hydroxyl groups is 1. The zero-order valence-electron chi connectivity index (χ0n) is 14.0. The molecule has 2 N–H and O–H groups in total.